The van der Waals surface area contributed by atoms with Crippen molar-refractivity contribution in [2.45, 2.75) is 6.92 Å². The first-order valence-corrected chi connectivity index (χ1v) is 1.09. The molecule has 7 heavy (non-hydrogen) atoms. The van der Waals surface area contributed by atoms with Crippen molar-refractivity contribution in [1.82, 2.24) is 0 Å². The minimum Gasteiger partial charge on any atom is -0.301 e. The van der Waals surface area contributed by atoms with Crippen molar-refractivity contribution in [3.8, 4) is 0 Å². The van der Waals surface area contributed by atoms with E-state index in [1.807, 2.05) is 0 Å². The summed E-state index contributed by atoms with van der Waals surface area (Å²) >= 11 is 0. The average Bonchev–Trinajstić information content (AvgIpc) is 1.38. The lowest BCUT2D eigenvalue weighted by atomic mass is 10.9. The molecule has 0 rings (SSSR count). The van der Waals surface area contributed by atoms with Gasteiger partial charge in [0.15, 0.2) is 34.7 Å². The van der Waals surface area contributed by atoms with Crippen molar-refractivity contribution in [3.05, 3.63) is 0 Å². The number of hydrogen-bond donors (Lipinski definition) is 1. The molecule has 0 bridgehead atoms. The maximum absolute atomic E-state index is 9.34. The molecule has 0 aromatic rings. The largest absolute Gasteiger partial charge is 0.339 e. The molecule has 0 spiro atoms. The summed E-state index contributed by atoms with van der Waals surface area (Å²) in [4.78, 5) is 12.5. The van der Waals surface area contributed by atoms with E-state index in [1.54, 1.807) is 0 Å². The standard InChI is InChI=1S/C2H4O3.2Al.6H/c1-2(3)5-4;;;;;;;;/h4H,1H3;;;;;;;;. The molecule has 0 aliphatic rings. The highest BCUT2D eigenvalue weighted by atomic mass is 27.0. The van der Waals surface area contributed by atoms with Gasteiger partial charge in [0, 0.05) is 6.92 Å². The van der Waals surface area contributed by atoms with Crippen LogP contribution in [-0.4, -0.2) is 45.9 Å². The molecule has 0 heterocycles. The van der Waals surface area contributed by atoms with Crippen molar-refractivity contribution in [1.29, 1.82) is 0 Å². The summed E-state index contributed by atoms with van der Waals surface area (Å²) in [7, 11) is 0. The Morgan fingerprint density at radius 3 is 1.71 bits per heavy atom. The van der Waals surface area contributed by atoms with Gasteiger partial charge in [-0.2, -0.15) is 5.26 Å². The topological polar surface area (TPSA) is 46.5 Å². The highest BCUT2D eigenvalue weighted by Gasteiger charge is 1.79. The first kappa shape index (κ1) is 15.6. The second-order valence-corrected chi connectivity index (χ2v) is 0.583. The molecule has 0 aromatic heterocycles. The van der Waals surface area contributed by atoms with Crippen molar-refractivity contribution in [2.24, 2.45) is 0 Å². The van der Waals surface area contributed by atoms with Gasteiger partial charge in [0.25, 0.3) is 0 Å². The van der Waals surface area contributed by atoms with E-state index in [4.69, 9.17) is 5.26 Å². The molecule has 5 heteroatoms. The smallest absolute Gasteiger partial charge is 0.301 e. The summed E-state index contributed by atoms with van der Waals surface area (Å²) in [6.07, 6.45) is 0. The first-order chi connectivity index (χ1) is 2.27. The predicted octanol–water partition coefficient (Wildman–Crippen LogP) is -2.35. The van der Waals surface area contributed by atoms with Gasteiger partial charge in [0.1, 0.15) is 0 Å². The third-order valence-corrected chi connectivity index (χ3v) is 0.129. The zero-order valence-electron chi connectivity index (χ0n) is 2.76. The van der Waals surface area contributed by atoms with Gasteiger partial charge in [0.05, 0.1) is 0 Å². The SMILES string of the molecule is CC(=O)OO.[AlH3].[AlH3]. The molecule has 0 atom stereocenters. The molecule has 1 N–H and O–H groups in total. The molecule has 0 radical (unpaired) electrons. The van der Waals surface area contributed by atoms with Crippen molar-refractivity contribution in [2.75, 3.05) is 0 Å². The van der Waals surface area contributed by atoms with E-state index >= 15 is 0 Å². The Balaban J connectivity index is -0.0000000800. The maximum Gasteiger partial charge on any atom is 0.339 e. The number of rotatable bonds is 0. The molecule has 42 valence electrons. The van der Waals surface area contributed by atoms with Gasteiger partial charge in [-0.15, -0.1) is 0 Å². The van der Waals surface area contributed by atoms with Crippen LogP contribution in [0.4, 0.5) is 0 Å². The Labute approximate surface area is 62.8 Å². The van der Waals surface area contributed by atoms with E-state index in [0.717, 1.165) is 6.92 Å². The van der Waals surface area contributed by atoms with Crippen LogP contribution in [0.25, 0.3) is 0 Å². The van der Waals surface area contributed by atoms with Crippen LogP contribution < -0.4 is 0 Å². The van der Waals surface area contributed by atoms with E-state index in [2.05, 4.69) is 4.89 Å². The molecular weight excluding hydrogens is 126 g/mol. The number of hydrogen-bond acceptors (Lipinski definition) is 3. The summed E-state index contributed by atoms with van der Waals surface area (Å²) in [6, 6.07) is 0. The fraction of sp³-hybridized carbons (Fsp3) is 0.500. The monoisotopic (exact) mass is 136 g/mol. The van der Waals surface area contributed by atoms with E-state index in [-0.39, 0.29) is 34.7 Å². The summed E-state index contributed by atoms with van der Waals surface area (Å²) in [5.74, 6) is -0.690. The minimum atomic E-state index is -0.690. The molecule has 0 unspecified atom stereocenters. The summed E-state index contributed by atoms with van der Waals surface area (Å²) < 4.78 is 0. The van der Waals surface area contributed by atoms with Gasteiger partial charge in [-0.3, -0.25) is 0 Å². The first-order valence-electron chi connectivity index (χ1n) is 1.09. The molecule has 0 amide bonds. The molecule has 0 saturated heterocycles. The molecule has 0 saturated carbocycles. The van der Waals surface area contributed by atoms with Gasteiger partial charge in [0.2, 0.25) is 0 Å². The summed E-state index contributed by atoms with van der Waals surface area (Å²) in [5.41, 5.74) is 0. The summed E-state index contributed by atoms with van der Waals surface area (Å²) in [6.45, 7) is 1.11. The van der Waals surface area contributed by atoms with E-state index < -0.39 is 5.97 Å². The summed E-state index contributed by atoms with van der Waals surface area (Å²) in [5, 5.41) is 7.29. The molecule has 0 fully saturated rings. The van der Waals surface area contributed by atoms with Crippen LogP contribution in [0.15, 0.2) is 0 Å². The normalized spacial score (nSPS) is 4.86. The molecule has 0 aliphatic heterocycles. The number of carbonyl (C=O) groups excluding carboxylic acids is 1. The Morgan fingerprint density at radius 1 is 1.57 bits per heavy atom. The van der Waals surface area contributed by atoms with Crippen LogP contribution in [0.5, 0.6) is 0 Å². The van der Waals surface area contributed by atoms with E-state index in [1.165, 1.54) is 0 Å². The van der Waals surface area contributed by atoms with Crippen LogP contribution in [0.1, 0.15) is 6.92 Å². The highest BCUT2D eigenvalue weighted by molar-refractivity contribution is 5.76. The lowest BCUT2D eigenvalue weighted by Gasteiger charge is -1.76. The molecule has 0 aliphatic carbocycles. The Morgan fingerprint density at radius 2 is 1.71 bits per heavy atom. The molecule has 0 aromatic carbocycles. The van der Waals surface area contributed by atoms with Crippen molar-refractivity contribution >= 4 is 40.7 Å². The van der Waals surface area contributed by atoms with Gasteiger partial charge < -0.3 is 4.89 Å². The van der Waals surface area contributed by atoms with Crippen LogP contribution in [-0.2, 0) is 9.68 Å². The van der Waals surface area contributed by atoms with Gasteiger partial charge in [-0.25, -0.2) is 4.79 Å². The molecule has 3 nitrogen and oxygen atoms in total. The van der Waals surface area contributed by atoms with Gasteiger partial charge >= 0.3 is 5.97 Å². The van der Waals surface area contributed by atoms with Gasteiger partial charge in [-0.1, -0.05) is 0 Å². The third-order valence-electron chi connectivity index (χ3n) is 0.129. The highest BCUT2D eigenvalue weighted by Crippen LogP contribution is 1.59. The Bertz CT molecular complexity index is 46.2. The lowest BCUT2D eigenvalue weighted by molar-refractivity contribution is -0.231. The number of carbonyl (C=O) groups is 1. The lowest BCUT2D eigenvalue weighted by Crippen LogP contribution is -1.89. The third kappa shape index (κ3) is 21.1. The van der Waals surface area contributed by atoms with Crippen molar-refractivity contribution in [3.63, 3.8) is 0 Å². The fourth-order valence-electron chi connectivity index (χ4n) is 0. The van der Waals surface area contributed by atoms with E-state index in [9.17, 15) is 4.79 Å². The van der Waals surface area contributed by atoms with Crippen LogP contribution in [0.2, 0.25) is 0 Å². The van der Waals surface area contributed by atoms with Crippen LogP contribution in [0.3, 0.4) is 0 Å². The second kappa shape index (κ2) is 9.71. The van der Waals surface area contributed by atoms with Gasteiger partial charge in [-0.05, 0) is 0 Å². The van der Waals surface area contributed by atoms with Crippen LogP contribution >= 0.6 is 0 Å². The Kier molecular flexibility index (Phi) is 21.7. The molecular formula is C2H10Al2O3. The quantitative estimate of drug-likeness (QED) is 0.230. The zero-order valence-corrected chi connectivity index (χ0v) is 2.76. The Hall–Kier alpha value is 0.495. The predicted molar refractivity (Wildman–Crippen MR) is 34.3 cm³/mol. The maximum atomic E-state index is 9.34. The zero-order chi connectivity index (χ0) is 4.28. The van der Waals surface area contributed by atoms with Crippen molar-refractivity contribution < 1.29 is 14.9 Å². The van der Waals surface area contributed by atoms with E-state index in [0.29, 0.717) is 0 Å². The minimum absolute atomic E-state index is 0. The van der Waals surface area contributed by atoms with Crippen LogP contribution in [0, 0.1) is 0 Å². The second-order valence-electron chi connectivity index (χ2n) is 0.583. The fourth-order valence-corrected chi connectivity index (χ4v) is 0. The average molecular weight is 136 g/mol.